The Labute approximate surface area is 171 Å². The van der Waals surface area contributed by atoms with Crippen molar-refractivity contribution in [3.8, 4) is 0 Å². The molecule has 3 rings (SSSR count). The first-order chi connectivity index (χ1) is 13.3. The van der Waals surface area contributed by atoms with Crippen LogP contribution in [-0.4, -0.2) is 38.1 Å². The van der Waals surface area contributed by atoms with Crippen LogP contribution < -0.4 is 5.32 Å². The van der Waals surface area contributed by atoms with Crippen LogP contribution in [0.2, 0.25) is 5.02 Å². The van der Waals surface area contributed by atoms with Crippen LogP contribution in [0.3, 0.4) is 0 Å². The maximum absolute atomic E-state index is 12.6. The van der Waals surface area contributed by atoms with Gasteiger partial charge in [0, 0.05) is 18.8 Å². The highest BCUT2D eigenvalue weighted by Gasteiger charge is 2.30. The summed E-state index contributed by atoms with van der Waals surface area (Å²) < 4.78 is 23.5. The number of anilines is 1. The highest BCUT2D eigenvalue weighted by molar-refractivity contribution is 7.90. The zero-order chi connectivity index (χ0) is 20.3. The first-order valence-electron chi connectivity index (χ1n) is 9.37. The largest absolute Gasteiger partial charge is 0.324 e. The van der Waals surface area contributed by atoms with Gasteiger partial charge < -0.3 is 5.32 Å². The molecule has 7 heteroatoms. The third-order valence-electron chi connectivity index (χ3n) is 4.87. The number of nitrogens with one attached hydrogen (secondary N) is 1. The average Bonchev–Trinajstić information content (AvgIpc) is 3.48. The first kappa shape index (κ1) is 20.8. The number of hydrogen-bond acceptors (Lipinski definition) is 4. The molecule has 0 spiro atoms. The van der Waals surface area contributed by atoms with Crippen molar-refractivity contribution in [3.05, 3.63) is 58.6 Å². The predicted molar refractivity (Wildman–Crippen MR) is 112 cm³/mol. The molecular weight excluding hydrogens is 396 g/mol. The van der Waals surface area contributed by atoms with Crippen LogP contribution in [0.1, 0.15) is 30.9 Å². The fraction of sp³-hybridized carbons (Fsp3) is 0.381. The molecule has 1 aliphatic carbocycles. The minimum Gasteiger partial charge on any atom is -0.324 e. The van der Waals surface area contributed by atoms with Crippen LogP contribution in [0.4, 0.5) is 5.69 Å². The van der Waals surface area contributed by atoms with E-state index in [0.29, 0.717) is 23.3 Å². The molecule has 1 N–H and O–H groups in total. The molecule has 5 nitrogen and oxygen atoms in total. The Hall–Kier alpha value is -1.89. The summed E-state index contributed by atoms with van der Waals surface area (Å²) in [5.41, 5.74) is 2.78. The summed E-state index contributed by atoms with van der Waals surface area (Å²) in [5, 5.41) is 3.08. The third kappa shape index (κ3) is 5.56. The summed E-state index contributed by atoms with van der Waals surface area (Å²) in [4.78, 5) is 14.9. The second-order valence-corrected chi connectivity index (χ2v) is 9.69. The van der Waals surface area contributed by atoms with Gasteiger partial charge in [0.2, 0.25) is 5.91 Å². The predicted octanol–water partition coefficient (Wildman–Crippen LogP) is 3.91. The molecule has 2 aromatic carbocycles. The number of aryl methyl sites for hydroxylation is 1. The summed E-state index contributed by atoms with van der Waals surface area (Å²) in [6.07, 6.45) is 4.30. The van der Waals surface area contributed by atoms with Crippen molar-refractivity contribution in [2.45, 2.75) is 43.7 Å². The highest BCUT2D eigenvalue weighted by atomic mass is 35.5. The number of nitrogens with zero attached hydrogens (tertiary/aromatic N) is 1. The number of amides is 1. The Balaban J connectivity index is 1.68. The van der Waals surface area contributed by atoms with E-state index in [9.17, 15) is 13.2 Å². The van der Waals surface area contributed by atoms with Crippen LogP contribution in [0.25, 0.3) is 0 Å². The quantitative estimate of drug-likeness (QED) is 0.703. The summed E-state index contributed by atoms with van der Waals surface area (Å²) in [5.74, 6) is -0.204. The van der Waals surface area contributed by atoms with Crippen molar-refractivity contribution >= 4 is 33.0 Å². The molecule has 0 unspecified atom stereocenters. The highest BCUT2D eigenvalue weighted by Crippen LogP contribution is 2.29. The smallest absolute Gasteiger partial charge is 0.238 e. The molecule has 28 heavy (non-hydrogen) atoms. The van der Waals surface area contributed by atoms with E-state index in [0.717, 1.165) is 25.5 Å². The zero-order valence-electron chi connectivity index (χ0n) is 16.1. The topological polar surface area (TPSA) is 66.5 Å². The Kier molecular flexibility index (Phi) is 6.43. The van der Waals surface area contributed by atoms with Crippen molar-refractivity contribution in [1.29, 1.82) is 0 Å². The number of rotatable bonds is 8. The van der Waals surface area contributed by atoms with Gasteiger partial charge >= 0.3 is 0 Å². The van der Waals surface area contributed by atoms with Crippen molar-refractivity contribution < 1.29 is 13.2 Å². The zero-order valence-corrected chi connectivity index (χ0v) is 17.7. The number of carbonyl (C=O) groups is 1. The van der Waals surface area contributed by atoms with Gasteiger partial charge in [-0.1, -0.05) is 42.8 Å². The average molecular weight is 421 g/mol. The summed E-state index contributed by atoms with van der Waals surface area (Å²) in [6.45, 7) is 3.07. The lowest BCUT2D eigenvalue weighted by Crippen LogP contribution is -2.34. The SMILES string of the molecule is CCc1ccc(CN(CC(=O)Nc2cc(S(C)(=O)=O)ccc2Cl)C2CC2)cc1. The number of halogens is 1. The molecule has 0 radical (unpaired) electrons. The van der Waals surface area contributed by atoms with Gasteiger partial charge in [0.05, 0.1) is 22.2 Å². The molecule has 1 aliphatic rings. The summed E-state index contributed by atoms with van der Waals surface area (Å²) >= 11 is 6.14. The van der Waals surface area contributed by atoms with E-state index in [1.807, 2.05) is 0 Å². The lowest BCUT2D eigenvalue weighted by molar-refractivity contribution is -0.117. The number of sulfone groups is 1. The van der Waals surface area contributed by atoms with Crippen LogP contribution in [0, 0.1) is 0 Å². The van der Waals surface area contributed by atoms with Gasteiger partial charge in [0.25, 0.3) is 0 Å². The van der Waals surface area contributed by atoms with Crippen molar-refractivity contribution in [1.82, 2.24) is 4.90 Å². The van der Waals surface area contributed by atoms with Gasteiger partial charge in [-0.15, -0.1) is 0 Å². The lowest BCUT2D eigenvalue weighted by atomic mass is 10.1. The Morgan fingerprint density at radius 3 is 2.36 bits per heavy atom. The Bertz CT molecular complexity index is 954. The molecule has 1 saturated carbocycles. The van der Waals surface area contributed by atoms with E-state index >= 15 is 0 Å². The summed E-state index contributed by atoms with van der Waals surface area (Å²) in [7, 11) is -3.37. The number of benzene rings is 2. The molecule has 0 saturated heterocycles. The maximum Gasteiger partial charge on any atom is 0.238 e. The van der Waals surface area contributed by atoms with Gasteiger partial charge in [0.1, 0.15) is 0 Å². The van der Waals surface area contributed by atoms with Crippen LogP contribution in [-0.2, 0) is 27.6 Å². The number of carbonyl (C=O) groups excluding carboxylic acids is 1. The number of hydrogen-bond donors (Lipinski definition) is 1. The Morgan fingerprint density at radius 1 is 1.14 bits per heavy atom. The molecule has 1 amide bonds. The molecule has 0 atom stereocenters. The second kappa shape index (κ2) is 8.64. The molecule has 0 heterocycles. The second-order valence-electron chi connectivity index (χ2n) is 7.27. The van der Waals surface area contributed by atoms with Gasteiger partial charge in [0.15, 0.2) is 9.84 Å². The van der Waals surface area contributed by atoms with Gasteiger partial charge in [-0.3, -0.25) is 9.69 Å². The monoisotopic (exact) mass is 420 g/mol. The Morgan fingerprint density at radius 2 is 1.79 bits per heavy atom. The van der Waals surface area contributed by atoms with E-state index in [1.165, 1.54) is 29.3 Å². The first-order valence-corrected chi connectivity index (χ1v) is 11.6. The lowest BCUT2D eigenvalue weighted by Gasteiger charge is -2.22. The van der Waals surface area contributed by atoms with Crippen molar-refractivity contribution in [2.75, 3.05) is 18.1 Å². The molecule has 150 valence electrons. The molecule has 2 aromatic rings. The summed E-state index contributed by atoms with van der Waals surface area (Å²) in [6, 6.07) is 13.2. The maximum atomic E-state index is 12.6. The molecule has 0 aromatic heterocycles. The van der Waals surface area contributed by atoms with Crippen LogP contribution in [0.5, 0.6) is 0 Å². The molecule has 0 bridgehead atoms. The van der Waals surface area contributed by atoms with Crippen molar-refractivity contribution in [3.63, 3.8) is 0 Å². The van der Waals surface area contributed by atoms with E-state index < -0.39 is 9.84 Å². The normalized spacial score (nSPS) is 14.3. The van der Waals surface area contributed by atoms with Crippen LogP contribution >= 0.6 is 11.6 Å². The van der Waals surface area contributed by atoms with E-state index in [2.05, 4.69) is 41.4 Å². The van der Waals surface area contributed by atoms with Crippen LogP contribution in [0.15, 0.2) is 47.4 Å². The van der Waals surface area contributed by atoms with E-state index in [1.54, 1.807) is 0 Å². The molecule has 1 fully saturated rings. The van der Waals surface area contributed by atoms with Gasteiger partial charge in [-0.05, 0) is 48.6 Å². The molecular formula is C21H25ClN2O3S. The fourth-order valence-electron chi connectivity index (χ4n) is 3.07. The van der Waals surface area contributed by atoms with Gasteiger partial charge in [-0.2, -0.15) is 0 Å². The fourth-order valence-corrected chi connectivity index (χ4v) is 3.89. The van der Waals surface area contributed by atoms with E-state index in [4.69, 9.17) is 11.6 Å². The standard InChI is InChI=1S/C21H25ClN2O3S/c1-3-15-4-6-16(7-5-15)13-24(17-8-9-17)14-21(25)23-20-12-18(28(2,26)27)10-11-19(20)22/h4-7,10-12,17H,3,8-9,13-14H2,1-2H3,(H,23,25). The molecule has 0 aliphatic heterocycles. The minimum absolute atomic E-state index is 0.127. The van der Waals surface area contributed by atoms with Gasteiger partial charge in [-0.25, -0.2) is 8.42 Å². The van der Waals surface area contributed by atoms with Crippen molar-refractivity contribution in [2.24, 2.45) is 0 Å². The minimum atomic E-state index is -3.37. The third-order valence-corrected chi connectivity index (χ3v) is 6.31. The van der Waals surface area contributed by atoms with E-state index in [-0.39, 0.29) is 17.3 Å².